The Labute approximate surface area is 68.3 Å². The van der Waals surface area contributed by atoms with Crippen molar-refractivity contribution < 1.29 is 23.4 Å². The number of halogens is 2. The first kappa shape index (κ1) is 9.38. The molecule has 0 saturated heterocycles. The van der Waals surface area contributed by atoms with Gasteiger partial charge in [-0.05, 0) is 12.8 Å². The van der Waals surface area contributed by atoms with Crippen molar-refractivity contribution in [2.75, 3.05) is 0 Å². The molecule has 3 nitrogen and oxygen atoms in total. The van der Waals surface area contributed by atoms with Gasteiger partial charge in [-0.15, -0.1) is 0 Å². The maximum absolute atomic E-state index is 12.4. The van der Waals surface area contributed by atoms with E-state index in [1.165, 1.54) is 0 Å². The van der Waals surface area contributed by atoms with Crippen LogP contribution in [0.15, 0.2) is 0 Å². The Kier molecular flexibility index (Phi) is 2.62. The van der Waals surface area contributed by atoms with Gasteiger partial charge in [0.1, 0.15) is 0 Å². The maximum Gasteiger partial charge on any atom is 0.456 e. The van der Waals surface area contributed by atoms with E-state index < -0.39 is 18.2 Å². The molecule has 5 heteroatoms. The molecule has 0 amide bonds. The minimum Gasteiger partial charge on any atom is -0.475 e. The fourth-order valence-corrected chi connectivity index (χ4v) is 1.27. The topological polar surface area (TPSA) is 46.5 Å². The lowest BCUT2D eigenvalue weighted by Gasteiger charge is -2.16. The van der Waals surface area contributed by atoms with E-state index in [1.807, 2.05) is 0 Å². The average Bonchev–Trinajstić information content (AvgIpc) is 2.38. The predicted octanol–water partition coefficient (Wildman–Crippen LogP) is 1.62. The number of carboxylic acids is 1. The molecule has 0 bridgehead atoms. The standard InChI is InChI=1S/C7H10F2O3/c8-7(9,6(10)11)12-5-3-1-2-4-5/h5H,1-4H2,(H,10,11). The van der Waals surface area contributed by atoms with Crippen LogP contribution in [0.4, 0.5) is 8.78 Å². The number of rotatable bonds is 3. The van der Waals surface area contributed by atoms with Crippen LogP contribution in [0.3, 0.4) is 0 Å². The summed E-state index contributed by atoms with van der Waals surface area (Å²) in [6.07, 6.45) is -1.88. The fourth-order valence-electron chi connectivity index (χ4n) is 1.27. The van der Waals surface area contributed by atoms with Crippen LogP contribution in [0.25, 0.3) is 0 Å². The molecule has 0 aromatic heterocycles. The van der Waals surface area contributed by atoms with Crippen molar-refractivity contribution in [1.82, 2.24) is 0 Å². The van der Waals surface area contributed by atoms with Crippen molar-refractivity contribution in [2.45, 2.75) is 37.9 Å². The van der Waals surface area contributed by atoms with Crippen LogP contribution >= 0.6 is 0 Å². The minimum absolute atomic E-state index is 0.531. The summed E-state index contributed by atoms with van der Waals surface area (Å²) in [4.78, 5) is 9.93. The Bertz CT molecular complexity index is 175. The zero-order valence-electron chi connectivity index (χ0n) is 6.43. The molecule has 0 aliphatic heterocycles. The zero-order valence-corrected chi connectivity index (χ0v) is 6.43. The van der Waals surface area contributed by atoms with Gasteiger partial charge < -0.3 is 9.84 Å². The number of hydrogen-bond acceptors (Lipinski definition) is 2. The van der Waals surface area contributed by atoms with Crippen LogP contribution in [0.1, 0.15) is 25.7 Å². The average molecular weight is 180 g/mol. The third-order valence-electron chi connectivity index (χ3n) is 1.87. The molecular formula is C7H10F2O3. The molecule has 0 unspecified atom stereocenters. The van der Waals surface area contributed by atoms with Crippen LogP contribution in [-0.4, -0.2) is 23.3 Å². The summed E-state index contributed by atoms with van der Waals surface area (Å²) in [5.41, 5.74) is 0. The van der Waals surface area contributed by atoms with Crippen LogP contribution in [-0.2, 0) is 9.53 Å². The third-order valence-corrected chi connectivity index (χ3v) is 1.87. The van der Waals surface area contributed by atoms with Crippen molar-refractivity contribution in [3.05, 3.63) is 0 Å². The number of aliphatic carboxylic acids is 1. The van der Waals surface area contributed by atoms with Gasteiger partial charge in [-0.25, -0.2) is 4.79 Å². The highest BCUT2D eigenvalue weighted by molar-refractivity contribution is 5.73. The first-order valence-corrected chi connectivity index (χ1v) is 3.81. The number of carboxylic acid groups (broad SMARTS) is 1. The summed E-state index contributed by atoms with van der Waals surface area (Å²) in [6.45, 7) is 0. The molecule has 0 heterocycles. The first-order chi connectivity index (χ1) is 5.52. The zero-order chi connectivity index (χ0) is 9.19. The van der Waals surface area contributed by atoms with Crippen LogP contribution < -0.4 is 0 Å². The summed E-state index contributed by atoms with van der Waals surface area (Å²) in [7, 11) is 0. The van der Waals surface area contributed by atoms with Gasteiger partial charge in [0.25, 0.3) is 0 Å². The van der Waals surface area contributed by atoms with E-state index in [0.29, 0.717) is 12.8 Å². The summed E-state index contributed by atoms with van der Waals surface area (Å²) in [5, 5.41) is 8.03. The van der Waals surface area contributed by atoms with E-state index in [9.17, 15) is 13.6 Å². The Hall–Kier alpha value is -0.710. The Balaban J connectivity index is 2.42. The summed E-state index contributed by atoms with van der Waals surface area (Å²) < 4.78 is 28.9. The van der Waals surface area contributed by atoms with Gasteiger partial charge >= 0.3 is 12.1 Å². The third kappa shape index (κ3) is 2.14. The second kappa shape index (κ2) is 3.35. The van der Waals surface area contributed by atoms with Crippen molar-refractivity contribution in [3.8, 4) is 0 Å². The lowest BCUT2D eigenvalue weighted by Crippen LogP contribution is -2.35. The number of ether oxygens (including phenoxy) is 1. The molecule has 1 aliphatic carbocycles. The second-order valence-corrected chi connectivity index (χ2v) is 2.85. The molecule has 0 aromatic carbocycles. The molecular weight excluding hydrogens is 170 g/mol. The summed E-state index contributed by atoms with van der Waals surface area (Å²) in [6, 6.07) is 0. The van der Waals surface area contributed by atoms with Crippen LogP contribution in [0.5, 0.6) is 0 Å². The lowest BCUT2D eigenvalue weighted by molar-refractivity contribution is -0.261. The van der Waals surface area contributed by atoms with E-state index in [-0.39, 0.29) is 0 Å². The molecule has 0 spiro atoms. The molecule has 1 rings (SSSR count). The molecule has 1 fully saturated rings. The molecule has 0 radical (unpaired) electrons. The smallest absolute Gasteiger partial charge is 0.456 e. The number of carbonyl (C=O) groups is 1. The van der Waals surface area contributed by atoms with Crippen LogP contribution in [0.2, 0.25) is 0 Å². The Morgan fingerprint density at radius 1 is 1.42 bits per heavy atom. The SMILES string of the molecule is O=C(O)C(F)(F)OC1CCCC1. The van der Waals surface area contributed by atoms with Crippen molar-refractivity contribution in [1.29, 1.82) is 0 Å². The quantitative estimate of drug-likeness (QED) is 0.717. The van der Waals surface area contributed by atoms with Crippen molar-refractivity contribution in [3.63, 3.8) is 0 Å². The van der Waals surface area contributed by atoms with E-state index in [4.69, 9.17) is 5.11 Å². The summed E-state index contributed by atoms with van der Waals surface area (Å²) in [5.74, 6) is -2.21. The molecule has 0 aromatic rings. The summed E-state index contributed by atoms with van der Waals surface area (Å²) >= 11 is 0. The highest BCUT2D eigenvalue weighted by Crippen LogP contribution is 2.27. The van der Waals surface area contributed by atoms with Gasteiger partial charge in [0.05, 0.1) is 6.10 Å². The largest absolute Gasteiger partial charge is 0.475 e. The van der Waals surface area contributed by atoms with E-state index >= 15 is 0 Å². The van der Waals surface area contributed by atoms with Gasteiger partial charge in [-0.3, -0.25) is 0 Å². The number of hydrogen-bond donors (Lipinski definition) is 1. The fraction of sp³-hybridized carbons (Fsp3) is 0.857. The monoisotopic (exact) mass is 180 g/mol. The Morgan fingerprint density at radius 2 is 1.92 bits per heavy atom. The highest BCUT2D eigenvalue weighted by Gasteiger charge is 2.43. The number of alkyl halides is 2. The van der Waals surface area contributed by atoms with Gasteiger partial charge in [0, 0.05) is 0 Å². The predicted molar refractivity (Wildman–Crippen MR) is 35.9 cm³/mol. The van der Waals surface area contributed by atoms with Gasteiger partial charge in [-0.1, -0.05) is 12.8 Å². The normalized spacial score (nSPS) is 19.8. The van der Waals surface area contributed by atoms with Gasteiger partial charge in [-0.2, -0.15) is 8.78 Å². The Morgan fingerprint density at radius 3 is 2.33 bits per heavy atom. The molecule has 1 aliphatic rings. The van der Waals surface area contributed by atoms with Crippen molar-refractivity contribution in [2.24, 2.45) is 0 Å². The van der Waals surface area contributed by atoms with Crippen LogP contribution in [0, 0.1) is 0 Å². The molecule has 1 saturated carbocycles. The highest BCUT2D eigenvalue weighted by atomic mass is 19.3. The molecule has 70 valence electrons. The van der Waals surface area contributed by atoms with Crippen molar-refractivity contribution >= 4 is 5.97 Å². The molecule has 12 heavy (non-hydrogen) atoms. The van der Waals surface area contributed by atoms with Gasteiger partial charge in [0.2, 0.25) is 0 Å². The molecule has 0 atom stereocenters. The van der Waals surface area contributed by atoms with Gasteiger partial charge in [0.15, 0.2) is 0 Å². The minimum atomic E-state index is -4.02. The van der Waals surface area contributed by atoms with E-state index in [0.717, 1.165) is 12.8 Å². The first-order valence-electron chi connectivity index (χ1n) is 3.81. The van der Waals surface area contributed by atoms with E-state index in [2.05, 4.69) is 4.74 Å². The molecule has 1 N–H and O–H groups in total. The van der Waals surface area contributed by atoms with E-state index in [1.54, 1.807) is 0 Å². The maximum atomic E-state index is 12.4. The lowest BCUT2D eigenvalue weighted by atomic mass is 10.3. The second-order valence-electron chi connectivity index (χ2n) is 2.85.